The molecule has 0 saturated carbocycles. The highest BCUT2D eigenvalue weighted by atomic mass is 32.1. The van der Waals surface area contributed by atoms with E-state index in [1.54, 1.807) is 0 Å². The van der Waals surface area contributed by atoms with Gasteiger partial charge in [0.2, 0.25) is 23.6 Å². The van der Waals surface area contributed by atoms with Crippen LogP contribution in [0.15, 0.2) is 24.3 Å². The van der Waals surface area contributed by atoms with Gasteiger partial charge in [0, 0.05) is 24.3 Å². The normalized spacial score (nSPS) is 14.2. The molecule has 14 heteroatoms. The fourth-order valence-corrected chi connectivity index (χ4v) is 3.14. The summed E-state index contributed by atoms with van der Waals surface area (Å²) in [6, 6.07) is 0.971. The number of thiol groups is 2. The number of hydrogen-bond acceptors (Lipinski definition) is 9. The van der Waals surface area contributed by atoms with Gasteiger partial charge in [0.15, 0.2) is 0 Å². The minimum Gasteiger partial charge on any atom is -0.508 e. The van der Waals surface area contributed by atoms with E-state index in [1.807, 2.05) is 0 Å². The van der Waals surface area contributed by atoms with Crippen LogP contribution in [-0.4, -0.2) is 75.5 Å². The van der Waals surface area contributed by atoms with Gasteiger partial charge in [0.05, 0.1) is 6.04 Å². The zero-order valence-corrected chi connectivity index (χ0v) is 19.9. The molecule has 0 saturated heterocycles. The van der Waals surface area contributed by atoms with E-state index in [9.17, 15) is 34.2 Å². The molecule has 4 atom stereocenters. The maximum absolute atomic E-state index is 13.0. The quantitative estimate of drug-likeness (QED) is 0.125. The van der Waals surface area contributed by atoms with Gasteiger partial charge in [-0.05, 0) is 24.1 Å². The second kappa shape index (κ2) is 14.3. The molecule has 1 aromatic rings. The van der Waals surface area contributed by atoms with Crippen molar-refractivity contribution in [1.82, 2.24) is 16.0 Å². The van der Waals surface area contributed by atoms with E-state index in [4.69, 9.17) is 11.5 Å². The topological polar surface area (TPSA) is 214 Å². The van der Waals surface area contributed by atoms with Crippen LogP contribution in [0.3, 0.4) is 0 Å². The van der Waals surface area contributed by atoms with E-state index in [-0.39, 0.29) is 36.5 Å². The van der Waals surface area contributed by atoms with Gasteiger partial charge in [-0.2, -0.15) is 25.3 Å². The highest BCUT2D eigenvalue weighted by Gasteiger charge is 2.30. The van der Waals surface area contributed by atoms with E-state index in [0.29, 0.717) is 5.56 Å². The first-order chi connectivity index (χ1) is 16.0. The van der Waals surface area contributed by atoms with Gasteiger partial charge in [0.25, 0.3) is 0 Å². The van der Waals surface area contributed by atoms with Crippen LogP contribution in [0.25, 0.3) is 0 Å². The standard InChI is InChI=1S/C20H29N5O7S2/c21-12(8-33)17(28)23-13(5-6-16(22)27)18(29)24-14(7-10-1-3-11(26)4-2-10)19(30)25-15(9-34)20(31)32/h1-4,12-15,26,33-34H,5-9,21H2,(H2,22,27)(H,23,28)(H,24,29)(H,25,30)(H,31,32). The number of nitrogens with two attached hydrogens (primary N) is 2. The number of aromatic hydroxyl groups is 1. The molecule has 1 aromatic carbocycles. The predicted octanol–water partition coefficient (Wildman–Crippen LogP) is -2.07. The zero-order valence-electron chi connectivity index (χ0n) is 18.1. The molecule has 4 unspecified atom stereocenters. The Morgan fingerprint density at radius 2 is 1.38 bits per heavy atom. The van der Waals surface area contributed by atoms with Gasteiger partial charge in [-0.3, -0.25) is 19.2 Å². The number of phenols is 1. The summed E-state index contributed by atoms with van der Waals surface area (Å²) in [5.41, 5.74) is 11.3. The summed E-state index contributed by atoms with van der Waals surface area (Å²) in [7, 11) is 0. The summed E-state index contributed by atoms with van der Waals surface area (Å²) >= 11 is 7.83. The first-order valence-electron chi connectivity index (χ1n) is 10.2. The number of carboxylic acid groups (broad SMARTS) is 1. The lowest BCUT2D eigenvalue weighted by atomic mass is 10.0. The number of carboxylic acids is 1. The van der Waals surface area contributed by atoms with E-state index >= 15 is 0 Å². The molecular weight excluding hydrogens is 486 g/mol. The molecule has 34 heavy (non-hydrogen) atoms. The van der Waals surface area contributed by atoms with Crippen molar-refractivity contribution in [3.63, 3.8) is 0 Å². The molecule has 188 valence electrons. The van der Waals surface area contributed by atoms with Crippen LogP contribution in [0, 0.1) is 0 Å². The van der Waals surface area contributed by atoms with Crippen LogP contribution >= 0.6 is 25.3 Å². The number of aliphatic carboxylic acids is 1. The van der Waals surface area contributed by atoms with E-state index in [1.165, 1.54) is 24.3 Å². The minimum atomic E-state index is -1.31. The van der Waals surface area contributed by atoms with Crippen molar-refractivity contribution < 1.29 is 34.2 Å². The molecule has 9 N–H and O–H groups in total. The Hall–Kier alpha value is -2.97. The lowest BCUT2D eigenvalue weighted by molar-refractivity contribution is -0.141. The lowest BCUT2D eigenvalue weighted by Crippen LogP contribution is -2.58. The molecule has 0 fully saturated rings. The molecule has 0 bridgehead atoms. The third-order valence-corrected chi connectivity index (χ3v) is 5.41. The molecule has 12 nitrogen and oxygen atoms in total. The molecular formula is C20H29N5O7S2. The average molecular weight is 516 g/mol. The van der Waals surface area contributed by atoms with Crippen LogP contribution in [-0.2, 0) is 30.4 Å². The molecule has 4 amide bonds. The zero-order chi connectivity index (χ0) is 25.8. The number of hydrogen-bond donors (Lipinski definition) is 9. The van der Waals surface area contributed by atoms with Gasteiger partial charge in [0.1, 0.15) is 23.9 Å². The third kappa shape index (κ3) is 9.89. The highest BCUT2D eigenvalue weighted by Crippen LogP contribution is 2.12. The summed E-state index contributed by atoms with van der Waals surface area (Å²) in [5, 5.41) is 25.8. The number of carbonyl (C=O) groups is 5. The fourth-order valence-electron chi connectivity index (χ4n) is 2.72. The fraction of sp³-hybridized carbons (Fsp3) is 0.450. The Kier molecular flexibility index (Phi) is 12.2. The summed E-state index contributed by atoms with van der Waals surface area (Å²) < 4.78 is 0. The van der Waals surface area contributed by atoms with Crippen molar-refractivity contribution in [2.75, 3.05) is 11.5 Å². The van der Waals surface area contributed by atoms with Crippen LogP contribution in [0.5, 0.6) is 5.75 Å². The third-order valence-electron chi connectivity index (χ3n) is 4.65. The Labute approximate surface area is 207 Å². The lowest BCUT2D eigenvalue weighted by Gasteiger charge is -2.25. The number of primary amides is 1. The van der Waals surface area contributed by atoms with Crippen LogP contribution in [0.4, 0.5) is 0 Å². The maximum atomic E-state index is 13.0. The maximum Gasteiger partial charge on any atom is 0.327 e. The van der Waals surface area contributed by atoms with Gasteiger partial charge < -0.3 is 37.6 Å². The number of carbonyl (C=O) groups excluding carboxylic acids is 4. The number of benzene rings is 1. The molecule has 0 aromatic heterocycles. The minimum absolute atomic E-state index is 0.00216. The molecule has 0 heterocycles. The Bertz CT molecular complexity index is 885. The first-order valence-corrected chi connectivity index (χ1v) is 11.4. The predicted molar refractivity (Wildman–Crippen MR) is 129 cm³/mol. The second-order valence-electron chi connectivity index (χ2n) is 7.37. The molecule has 0 aliphatic carbocycles. The number of amides is 4. The first kappa shape index (κ1) is 29.1. The van der Waals surface area contributed by atoms with E-state index < -0.39 is 53.8 Å². The van der Waals surface area contributed by atoms with Crippen molar-refractivity contribution in [2.45, 2.75) is 43.4 Å². The van der Waals surface area contributed by atoms with Gasteiger partial charge in [-0.1, -0.05) is 12.1 Å². The molecule has 0 spiro atoms. The van der Waals surface area contributed by atoms with Crippen molar-refractivity contribution in [3.05, 3.63) is 29.8 Å². The van der Waals surface area contributed by atoms with Crippen molar-refractivity contribution >= 4 is 54.9 Å². The van der Waals surface area contributed by atoms with Crippen molar-refractivity contribution in [3.8, 4) is 5.75 Å². The summed E-state index contributed by atoms with van der Waals surface area (Å²) in [6.45, 7) is 0. The number of rotatable bonds is 14. The SMILES string of the molecule is NC(=O)CCC(NC(=O)C(N)CS)C(=O)NC(Cc1ccc(O)cc1)C(=O)NC(CS)C(=O)O. The molecule has 0 aliphatic rings. The molecule has 1 rings (SSSR count). The summed E-state index contributed by atoms with van der Waals surface area (Å²) in [5.74, 6) is -4.54. The summed E-state index contributed by atoms with van der Waals surface area (Å²) in [4.78, 5) is 60.5. The Morgan fingerprint density at radius 1 is 0.853 bits per heavy atom. The molecule has 0 radical (unpaired) electrons. The second-order valence-corrected chi connectivity index (χ2v) is 8.10. The molecule has 0 aliphatic heterocycles. The van der Waals surface area contributed by atoms with Crippen LogP contribution < -0.4 is 27.4 Å². The van der Waals surface area contributed by atoms with Gasteiger partial charge >= 0.3 is 5.97 Å². The van der Waals surface area contributed by atoms with Crippen molar-refractivity contribution in [1.29, 1.82) is 0 Å². The smallest absolute Gasteiger partial charge is 0.327 e. The summed E-state index contributed by atoms with van der Waals surface area (Å²) in [6.07, 6.45) is -0.457. The van der Waals surface area contributed by atoms with Gasteiger partial charge in [-0.15, -0.1) is 0 Å². The van der Waals surface area contributed by atoms with Crippen LogP contribution in [0.2, 0.25) is 0 Å². The van der Waals surface area contributed by atoms with Crippen molar-refractivity contribution in [2.24, 2.45) is 11.5 Å². The van der Waals surface area contributed by atoms with E-state index in [2.05, 4.69) is 41.2 Å². The monoisotopic (exact) mass is 515 g/mol. The average Bonchev–Trinajstić information content (AvgIpc) is 2.79. The number of phenolic OH excluding ortho intramolecular Hbond substituents is 1. The highest BCUT2D eigenvalue weighted by molar-refractivity contribution is 7.80. The Balaban J connectivity index is 3.12. The Morgan fingerprint density at radius 3 is 1.88 bits per heavy atom. The van der Waals surface area contributed by atoms with Gasteiger partial charge in [-0.25, -0.2) is 4.79 Å². The largest absolute Gasteiger partial charge is 0.508 e. The van der Waals surface area contributed by atoms with Crippen LogP contribution in [0.1, 0.15) is 18.4 Å². The number of nitrogens with one attached hydrogen (secondary N) is 3. The van der Waals surface area contributed by atoms with E-state index in [0.717, 1.165) is 0 Å².